The fraction of sp³-hybridized carbons (Fsp3) is 0.565. The molecule has 1 aliphatic carbocycles. The lowest BCUT2D eigenvalue weighted by Crippen LogP contribution is -2.39. The lowest BCUT2D eigenvalue weighted by atomic mass is 9.89. The Bertz CT molecular complexity index is 961. The molecule has 1 unspecified atom stereocenters. The smallest absolute Gasteiger partial charge is 0.245 e. The van der Waals surface area contributed by atoms with Crippen molar-refractivity contribution in [3.05, 3.63) is 29.8 Å². The van der Waals surface area contributed by atoms with Crippen LogP contribution in [0.5, 0.6) is 0 Å². The first-order valence-electron chi connectivity index (χ1n) is 11.2. The van der Waals surface area contributed by atoms with Crippen molar-refractivity contribution in [2.75, 3.05) is 25.0 Å². The van der Waals surface area contributed by atoms with Crippen LogP contribution < -0.4 is 16.1 Å². The topological polar surface area (TPSA) is 123 Å². The summed E-state index contributed by atoms with van der Waals surface area (Å²) in [5, 5.41) is 19.7. The van der Waals surface area contributed by atoms with E-state index in [1.807, 2.05) is 43.9 Å². The summed E-state index contributed by atoms with van der Waals surface area (Å²) in [6, 6.07) is 7.29. The van der Waals surface area contributed by atoms with Crippen LogP contribution in [0.15, 0.2) is 29.4 Å². The van der Waals surface area contributed by atoms with Crippen molar-refractivity contribution in [3.8, 4) is 0 Å². The summed E-state index contributed by atoms with van der Waals surface area (Å²) in [5.74, 6) is -1.60. The van der Waals surface area contributed by atoms with Gasteiger partial charge in [0.2, 0.25) is 17.7 Å². The molecule has 9 heteroatoms. The highest BCUT2D eigenvalue weighted by Crippen LogP contribution is 2.62. The average molecular weight is 442 g/mol. The largest absolute Gasteiger partial charge is 0.395 e. The predicted molar refractivity (Wildman–Crippen MR) is 120 cm³/mol. The van der Waals surface area contributed by atoms with Gasteiger partial charge >= 0.3 is 0 Å². The maximum absolute atomic E-state index is 12.8. The van der Waals surface area contributed by atoms with Crippen molar-refractivity contribution in [2.24, 2.45) is 22.4 Å². The Morgan fingerprint density at radius 2 is 2.09 bits per heavy atom. The monoisotopic (exact) mass is 441 g/mol. The van der Waals surface area contributed by atoms with Crippen LogP contribution in [-0.4, -0.2) is 65.2 Å². The van der Waals surface area contributed by atoms with Crippen LogP contribution in [0, 0.1) is 17.3 Å². The molecule has 4 atom stereocenters. The third kappa shape index (κ3) is 3.91. The number of nitrogens with zero attached hydrogens (tertiary/aromatic N) is 2. The molecule has 3 amide bonds. The Labute approximate surface area is 187 Å². The van der Waals surface area contributed by atoms with Crippen molar-refractivity contribution in [1.82, 2.24) is 15.6 Å². The van der Waals surface area contributed by atoms with Gasteiger partial charge in [-0.15, -0.1) is 0 Å². The highest BCUT2D eigenvalue weighted by Gasteiger charge is 2.72. The number of nitrogens with one attached hydrogen (secondary N) is 3. The number of hydrogen-bond acceptors (Lipinski definition) is 6. The van der Waals surface area contributed by atoms with Gasteiger partial charge in [-0.05, 0) is 39.3 Å². The number of aliphatic hydroxyl groups is 1. The molecule has 2 fully saturated rings. The molecule has 4 rings (SSSR count). The van der Waals surface area contributed by atoms with Gasteiger partial charge in [0.05, 0.1) is 30.7 Å². The number of benzene rings is 1. The van der Waals surface area contributed by atoms with Crippen LogP contribution >= 0.6 is 0 Å². The number of carbonyl (C=O) groups is 3. The van der Waals surface area contributed by atoms with E-state index < -0.39 is 17.3 Å². The highest BCUT2D eigenvalue weighted by molar-refractivity contribution is 6.19. The molecule has 3 aliphatic rings. The van der Waals surface area contributed by atoms with Crippen LogP contribution in [0.3, 0.4) is 0 Å². The number of likely N-dealkylation sites (tertiary alicyclic amines) is 1. The van der Waals surface area contributed by atoms with Gasteiger partial charge < -0.3 is 15.7 Å². The second-order valence-corrected chi connectivity index (χ2v) is 9.38. The van der Waals surface area contributed by atoms with Gasteiger partial charge in [0.15, 0.2) is 0 Å². The predicted octanol–water partition coefficient (Wildman–Crippen LogP) is 0.693. The van der Waals surface area contributed by atoms with Gasteiger partial charge in [0.25, 0.3) is 0 Å². The van der Waals surface area contributed by atoms with Gasteiger partial charge in [-0.3, -0.25) is 19.3 Å². The zero-order valence-electron chi connectivity index (χ0n) is 18.7. The molecular weight excluding hydrogens is 410 g/mol. The number of fused-ring (bicyclic) bond motifs is 1. The maximum atomic E-state index is 12.8. The van der Waals surface area contributed by atoms with E-state index in [1.165, 1.54) is 0 Å². The molecule has 0 bridgehead atoms. The summed E-state index contributed by atoms with van der Waals surface area (Å²) in [5.41, 5.74) is 3.69. The lowest BCUT2D eigenvalue weighted by molar-refractivity contribution is -0.127. The zero-order chi connectivity index (χ0) is 23.0. The van der Waals surface area contributed by atoms with Gasteiger partial charge in [-0.1, -0.05) is 25.1 Å². The number of rotatable bonds is 7. The standard InChI is InChI=1S/C23H31N5O4/c1-13(2)24-21(31)18-19-22(32)27-26-20(23(18,19)3)15-8-4-5-9-16(15)25-17(30)11-28-10-6-7-14(28)12-29/h4-5,8-9,13-14,18-19,29H,6-7,10-12H2,1-3H3,(H,24,31)(H,25,30)(H,27,32)/t14?,18-,19+,23+/m0/s1. The second-order valence-electron chi connectivity index (χ2n) is 9.38. The molecule has 172 valence electrons. The average Bonchev–Trinajstić information content (AvgIpc) is 3.16. The van der Waals surface area contributed by atoms with Crippen molar-refractivity contribution in [1.29, 1.82) is 0 Å². The molecule has 1 aromatic rings. The van der Waals surface area contributed by atoms with Gasteiger partial charge in [-0.25, -0.2) is 5.43 Å². The van der Waals surface area contributed by atoms with Crippen molar-refractivity contribution in [3.63, 3.8) is 0 Å². The fourth-order valence-electron chi connectivity index (χ4n) is 5.16. The third-order valence-corrected chi connectivity index (χ3v) is 6.81. The second kappa shape index (κ2) is 8.63. The third-order valence-electron chi connectivity index (χ3n) is 6.81. The van der Waals surface area contributed by atoms with E-state index in [2.05, 4.69) is 21.2 Å². The van der Waals surface area contributed by atoms with Gasteiger partial charge in [0.1, 0.15) is 0 Å². The molecule has 0 spiro atoms. The first-order valence-corrected chi connectivity index (χ1v) is 11.2. The summed E-state index contributed by atoms with van der Waals surface area (Å²) in [6.07, 6.45) is 1.85. The van der Waals surface area contributed by atoms with E-state index in [0.717, 1.165) is 19.4 Å². The van der Waals surface area contributed by atoms with E-state index in [9.17, 15) is 19.5 Å². The number of para-hydroxylation sites is 1. The number of anilines is 1. The molecule has 4 N–H and O–H groups in total. The Balaban J connectivity index is 1.56. The molecule has 2 heterocycles. The first-order chi connectivity index (χ1) is 15.3. The van der Waals surface area contributed by atoms with Crippen molar-refractivity contribution >= 4 is 29.1 Å². The minimum absolute atomic E-state index is 0.0142. The lowest BCUT2D eigenvalue weighted by Gasteiger charge is -2.24. The highest BCUT2D eigenvalue weighted by atomic mass is 16.3. The van der Waals surface area contributed by atoms with Crippen molar-refractivity contribution in [2.45, 2.75) is 45.7 Å². The summed E-state index contributed by atoms with van der Waals surface area (Å²) in [7, 11) is 0. The van der Waals surface area contributed by atoms with E-state index in [0.29, 0.717) is 17.0 Å². The zero-order valence-corrected chi connectivity index (χ0v) is 18.7. The summed E-state index contributed by atoms with van der Waals surface area (Å²) in [6.45, 7) is 6.67. The Hall–Kier alpha value is -2.78. The van der Waals surface area contributed by atoms with E-state index in [1.54, 1.807) is 6.07 Å². The summed E-state index contributed by atoms with van der Waals surface area (Å²) in [4.78, 5) is 40.0. The van der Waals surface area contributed by atoms with E-state index in [-0.39, 0.29) is 43.0 Å². The van der Waals surface area contributed by atoms with Crippen LogP contribution in [0.25, 0.3) is 0 Å². The Morgan fingerprint density at radius 3 is 2.81 bits per heavy atom. The van der Waals surface area contributed by atoms with Crippen LogP contribution in [-0.2, 0) is 14.4 Å². The van der Waals surface area contributed by atoms with Crippen LogP contribution in [0.1, 0.15) is 39.2 Å². The maximum Gasteiger partial charge on any atom is 0.245 e. The number of amides is 3. The van der Waals surface area contributed by atoms with Gasteiger partial charge in [-0.2, -0.15) is 5.10 Å². The van der Waals surface area contributed by atoms with Crippen LogP contribution in [0.4, 0.5) is 5.69 Å². The van der Waals surface area contributed by atoms with E-state index in [4.69, 9.17) is 0 Å². The first kappa shape index (κ1) is 22.4. The number of hydrogen-bond donors (Lipinski definition) is 4. The number of aliphatic hydroxyl groups excluding tert-OH is 1. The Morgan fingerprint density at radius 1 is 1.34 bits per heavy atom. The SMILES string of the molecule is CC(C)NC(=O)[C@@H]1[C@@H]2C(=O)NN=C(c3ccccc3NC(=O)CN3CCCC3CO)[C@]12C. The number of hydrazone groups is 1. The van der Waals surface area contributed by atoms with Crippen LogP contribution in [0.2, 0.25) is 0 Å². The van der Waals surface area contributed by atoms with E-state index >= 15 is 0 Å². The summed E-state index contributed by atoms with van der Waals surface area (Å²) >= 11 is 0. The minimum atomic E-state index is -0.737. The van der Waals surface area contributed by atoms with Crippen molar-refractivity contribution < 1.29 is 19.5 Å². The molecule has 0 radical (unpaired) electrons. The quantitative estimate of drug-likeness (QED) is 0.496. The van der Waals surface area contributed by atoms with Gasteiger partial charge in [0, 0.05) is 28.7 Å². The molecule has 1 aromatic carbocycles. The fourth-order valence-corrected chi connectivity index (χ4v) is 5.16. The number of carbonyl (C=O) groups excluding carboxylic acids is 3. The molecule has 32 heavy (non-hydrogen) atoms. The molecular formula is C23H31N5O4. The minimum Gasteiger partial charge on any atom is -0.395 e. The summed E-state index contributed by atoms with van der Waals surface area (Å²) < 4.78 is 0. The molecule has 1 saturated carbocycles. The Kier molecular flexibility index (Phi) is 6.05. The normalized spacial score (nSPS) is 29.2. The molecule has 2 aliphatic heterocycles. The molecule has 9 nitrogen and oxygen atoms in total. The molecule has 0 aromatic heterocycles. The molecule has 1 saturated heterocycles.